The van der Waals surface area contributed by atoms with E-state index < -0.39 is 11.7 Å². The van der Waals surface area contributed by atoms with E-state index in [1.165, 1.54) is 24.1 Å². The first-order valence-electron chi connectivity index (χ1n) is 7.54. The lowest BCUT2D eigenvalue weighted by Crippen LogP contribution is -2.31. The second-order valence-electron chi connectivity index (χ2n) is 5.84. The first-order valence-corrected chi connectivity index (χ1v) is 7.54. The maximum Gasteiger partial charge on any atom is 0.416 e. The Morgan fingerprint density at radius 3 is 2.56 bits per heavy atom. The van der Waals surface area contributed by atoms with Gasteiger partial charge in [-0.05, 0) is 31.5 Å². The van der Waals surface area contributed by atoms with Crippen LogP contribution in [0.25, 0.3) is 0 Å². The van der Waals surface area contributed by atoms with E-state index in [1.54, 1.807) is 13.8 Å². The van der Waals surface area contributed by atoms with E-state index in [2.05, 4.69) is 9.97 Å². The van der Waals surface area contributed by atoms with Gasteiger partial charge in [-0.15, -0.1) is 0 Å². The van der Waals surface area contributed by atoms with Crippen LogP contribution in [-0.4, -0.2) is 27.8 Å². The van der Waals surface area contributed by atoms with Gasteiger partial charge in [-0.25, -0.2) is 4.98 Å². The van der Waals surface area contributed by atoms with Crippen molar-refractivity contribution < 1.29 is 18.0 Å². The van der Waals surface area contributed by atoms with Crippen LogP contribution >= 0.6 is 0 Å². The molecule has 134 valence electrons. The quantitative estimate of drug-likeness (QED) is 0.919. The van der Waals surface area contributed by atoms with E-state index in [9.17, 15) is 22.8 Å². The van der Waals surface area contributed by atoms with Crippen molar-refractivity contribution in [2.75, 3.05) is 7.05 Å². The number of rotatable bonds is 4. The largest absolute Gasteiger partial charge is 0.416 e. The van der Waals surface area contributed by atoms with E-state index in [-0.39, 0.29) is 30.0 Å². The molecule has 1 N–H and O–H groups in total. The van der Waals surface area contributed by atoms with Crippen molar-refractivity contribution >= 4 is 5.91 Å². The lowest BCUT2D eigenvalue weighted by molar-refractivity contribution is -0.137. The minimum Gasteiger partial charge on any atom is -0.341 e. The molecule has 2 aromatic rings. The van der Waals surface area contributed by atoms with Crippen molar-refractivity contribution in [3.63, 3.8) is 0 Å². The first-order chi connectivity index (χ1) is 11.6. The Hall–Kier alpha value is -2.64. The molecule has 0 unspecified atom stereocenters. The number of benzene rings is 1. The van der Waals surface area contributed by atoms with Crippen molar-refractivity contribution in [2.45, 2.75) is 33.0 Å². The summed E-state index contributed by atoms with van der Waals surface area (Å²) >= 11 is 0. The molecule has 1 aromatic heterocycles. The number of amides is 1. The summed E-state index contributed by atoms with van der Waals surface area (Å²) in [5.74, 6) is 0.0766. The average Bonchev–Trinajstić information content (AvgIpc) is 2.50. The predicted molar refractivity (Wildman–Crippen MR) is 86.0 cm³/mol. The molecule has 1 aromatic carbocycles. The molecule has 25 heavy (non-hydrogen) atoms. The molecule has 1 amide bonds. The number of aromatic nitrogens is 2. The highest BCUT2D eigenvalue weighted by Gasteiger charge is 2.30. The third-order valence-corrected chi connectivity index (χ3v) is 3.77. The van der Waals surface area contributed by atoms with Crippen LogP contribution in [0.2, 0.25) is 0 Å². The van der Waals surface area contributed by atoms with Crippen LogP contribution in [0.3, 0.4) is 0 Å². The summed E-state index contributed by atoms with van der Waals surface area (Å²) in [5.41, 5.74) is -0.0708. The molecule has 2 rings (SSSR count). The van der Waals surface area contributed by atoms with Gasteiger partial charge in [0.05, 0.1) is 12.0 Å². The molecule has 0 atom stereocenters. The number of hydrogen-bond acceptors (Lipinski definition) is 3. The summed E-state index contributed by atoms with van der Waals surface area (Å²) in [6, 6.07) is 4.81. The van der Waals surface area contributed by atoms with Gasteiger partial charge in [0, 0.05) is 24.8 Å². The molecule has 0 spiro atoms. The number of halogens is 3. The number of nitrogens with zero attached hydrogens (tertiary/aromatic N) is 2. The summed E-state index contributed by atoms with van der Waals surface area (Å²) in [7, 11) is 1.48. The van der Waals surface area contributed by atoms with Crippen molar-refractivity contribution in [1.82, 2.24) is 14.9 Å². The summed E-state index contributed by atoms with van der Waals surface area (Å²) in [6.07, 6.45) is -4.60. The number of H-pyrrole nitrogens is 1. The molecule has 5 nitrogen and oxygen atoms in total. The van der Waals surface area contributed by atoms with Crippen molar-refractivity contribution in [3.05, 3.63) is 62.8 Å². The Morgan fingerprint density at radius 2 is 1.96 bits per heavy atom. The van der Waals surface area contributed by atoms with Crippen LogP contribution in [-0.2, 0) is 23.9 Å². The summed E-state index contributed by atoms with van der Waals surface area (Å²) < 4.78 is 38.2. The van der Waals surface area contributed by atoms with Gasteiger partial charge >= 0.3 is 6.18 Å². The minimum atomic E-state index is -4.43. The number of aryl methyl sites for hydroxylation is 2. The van der Waals surface area contributed by atoms with Gasteiger partial charge in [0.1, 0.15) is 5.82 Å². The number of likely N-dealkylation sites (N-methyl/N-ethyl adjacent to an activating group) is 1. The minimum absolute atomic E-state index is 0.0129. The molecule has 0 radical (unpaired) electrons. The molecule has 0 saturated heterocycles. The number of aromatic amines is 1. The lowest BCUT2D eigenvalue weighted by Gasteiger charge is -2.18. The molecule has 0 saturated carbocycles. The summed E-state index contributed by atoms with van der Waals surface area (Å²) in [4.78, 5) is 32.2. The van der Waals surface area contributed by atoms with Crippen LogP contribution in [0.4, 0.5) is 13.2 Å². The van der Waals surface area contributed by atoms with Crippen LogP contribution < -0.4 is 5.56 Å². The highest BCUT2D eigenvalue weighted by Crippen LogP contribution is 2.29. The Balaban J connectivity index is 2.13. The summed E-state index contributed by atoms with van der Waals surface area (Å²) in [5, 5.41) is 0. The Kier molecular flexibility index (Phi) is 5.30. The van der Waals surface area contributed by atoms with Gasteiger partial charge in [0.2, 0.25) is 5.91 Å². The molecule has 0 fully saturated rings. The van der Waals surface area contributed by atoms with Crippen molar-refractivity contribution in [1.29, 1.82) is 0 Å². The number of carbonyl (C=O) groups excluding carboxylic acids is 1. The molecule has 0 aliphatic carbocycles. The van der Waals surface area contributed by atoms with Crippen LogP contribution in [0.1, 0.15) is 28.2 Å². The van der Waals surface area contributed by atoms with E-state index in [4.69, 9.17) is 0 Å². The molecule has 1 heterocycles. The molecule has 8 heteroatoms. The molecular weight excluding hydrogens is 335 g/mol. The second kappa shape index (κ2) is 7.08. The maximum absolute atomic E-state index is 12.7. The molecule has 0 bridgehead atoms. The zero-order valence-electron chi connectivity index (χ0n) is 14.1. The van der Waals surface area contributed by atoms with Crippen molar-refractivity contribution in [3.8, 4) is 0 Å². The van der Waals surface area contributed by atoms with Gasteiger partial charge in [0.15, 0.2) is 0 Å². The zero-order chi connectivity index (χ0) is 18.8. The number of hydrogen-bond donors (Lipinski definition) is 1. The fourth-order valence-electron chi connectivity index (χ4n) is 2.45. The highest BCUT2D eigenvalue weighted by molar-refractivity contribution is 5.78. The highest BCUT2D eigenvalue weighted by atomic mass is 19.4. The predicted octanol–water partition coefficient (Wildman–Crippen LogP) is 2.61. The van der Waals surface area contributed by atoms with Crippen LogP contribution in [0.5, 0.6) is 0 Å². The fraction of sp³-hybridized carbons (Fsp3) is 0.353. The van der Waals surface area contributed by atoms with Gasteiger partial charge in [-0.2, -0.15) is 13.2 Å². The standard InChI is InChI=1S/C17H18F3N3O2/c1-10-14(16(25)22-11(2)21-10)8-15(24)23(3)9-12-5-4-6-13(7-12)17(18,19)20/h4-7H,8-9H2,1-3H3,(H,21,22,25). The van der Waals surface area contributed by atoms with Gasteiger partial charge in [0.25, 0.3) is 5.56 Å². The Bertz CT molecular complexity index is 844. The number of nitrogens with one attached hydrogen (secondary N) is 1. The van der Waals surface area contributed by atoms with E-state index in [0.717, 1.165) is 12.1 Å². The normalized spacial score (nSPS) is 11.4. The lowest BCUT2D eigenvalue weighted by atomic mass is 10.1. The number of carbonyl (C=O) groups is 1. The zero-order valence-corrected chi connectivity index (χ0v) is 14.1. The molecular formula is C17H18F3N3O2. The smallest absolute Gasteiger partial charge is 0.341 e. The molecule has 0 aliphatic heterocycles. The van der Waals surface area contributed by atoms with Crippen molar-refractivity contribution in [2.24, 2.45) is 0 Å². The summed E-state index contributed by atoms with van der Waals surface area (Å²) in [6.45, 7) is 3.29. The average molecular weight is 353 g/mol. The van der Waals surface area contributed by atoms with Crippen LogP contribution in [0, 0.1) is 13.8 Å². The second-order valence-corrected chi connectivity index (χ2v) is 5.84. The fourth-order valence-corrected chi connectivity index (χ4v) is 2.45. The Labute approximate surface area is 142 Å². The Morgan fingerprint density at radius 1 is 1.28 bits per heavy atom. The van der Waals surface area contributed by atoms with Gasteiger partial charge in [-0.3, -0.25) is 9.59 Å². The van der Waals surface area contributed by atoms with Gasteiger partial charge < -0.3 is 9.88 Å². The molecule has 0 aliphatic rings. The van der Waals surface area contributed by atoms with E-state index in [0.29, 0.717) is 17.1 Å². The topological polar surface area (TPSA) is 66.1 Å². The number of alkyl halides is 3. The van der Waals surface area contributed by atoms with E-state index in [1.807, 2.05) is 0 Å². The monoisotopic (exact) mass is 353 g/mol. The maximum atomic E-state index is 12.7. The third kappa shape index (κ3) is 4.68. The van der Waals surface area contributed by atoms with E-state index >= 15 is 0 Å². The van der Waals surface area contributed by atoms with Crippen LogP contribution in [0.15, 0.2) is 29.1 Å². The SMILES string of the molecule is Cc1nc(C)c(CC(=O)N(C)Cc2cccc(C(F)(F)F)c2)c(=O)[nH]1. The third-order valence-electron chi connectivity index (χ3n) is 3.77. The van der Waals surface area contributed by atoms with Gasteiger partial charge in [-0.1, -0.05) is 12.1 Å². The first kappa shape index (κ1) is 18.7.